The van der Waals surface area contributed by atoms with Crippen molar-refractivity contribution in [3.63, 3.8) is 0 Å². The number of ether oxygens (including phenoxy) is 2. The van der Waals surface area contributed by atoms with Crippen LogP contribution < -0.4 is 5.32 Å². The van der Waals surface area contributed by atoms with Crippen molar-refractivity contribution in [2.45, 2.75) is 45.4 Å². The van der Waals surface area contributed by atoms with Gasteiger partial charge in [0.2, 0.25) is 0 Å². The van der Waals surface area contributed by atoms with Gasteiger partial charge in [-0.05, 0) is 56.4 Å². The Morgan fingerprint density at radius 3 is 2.31 bits per heavy atom. The maximum Gasteiger partial charge on any atom is 0.338 e. The second-order valence-corrected chi connectivity index (χ2v) is 7.76. The molecule has 2 aliphatic rings. The Labute approximate surface area is 170 Å². The number of rotatable bonds is 7. The second-order valence-electron chi connectivity index (χ2n) is 7.76. The molecule has 2 atom stereocenters. The minimum atomic E-state index is -0.452. The number of carbonyl (C=O) groups excluding carboxylic acids is 4. The lowest BCUT2D eigenvalue weighted by molar-refractivity contribution is -0.155. The van der Waals surface area contributed by atoms with Crippen molar-refractivity contribution in [1.29, 1.82) is 0 Å². The van der Waals surface area contributed by atoms with Gasteiger partial charge in [0.25, 0.3) is 5.91 Å². The van der Waals surface area contributed by atoms with Crippen molar-refractivity contribution in [1.82, 2.24) is 0 Å². The molecule has 0 saturated heterocycles. The molecule has 2 fully saturated rings. The first kappa shape index (κ1) is 21.0. The highest BCUT2D eigenvalue weighted by atomic mass is 16.5. The topological polar surface area (TPSA) is 98.8 Å². The zero-order valence-corrected chi connectivity index (χ0v) is 16.6. The molecule has 0 aliphatic heterocycles. The van der Waals surface area contributed by atoms with E-state index in [-0.39, 0.29) is 24.4 Å². The van der Waals surface area contributed by atoms with Crippen LogP contribution >= 0.6 is 0 Å². The van der Waals surface area contributed by atoms with E-state index in [0.717, 1.165) is 25.7 Å². The lowest BCUT2D eigenvalue weighted by Crippen LogP contribution is -2.40. The van der Waals surface area contributed by atoms with Crippen molar-refractivity contribution >= 4 is 29.3 Å². The third-order valence-electron chi connectivity index (χ3n) is 5.57. The van der Waals surface area contributed by atoms with Crippen LogP contribution in [0, 0.1) is 17.8 Å². The molecule has 29 heavy (non-hydrogen) atoms. The molecule has 0 radical (unpaired) electrons. The number of esters is 2. The predicted octanol–water partition coefficient (Wildman–Crippen LogP) is 3.13. The Kier molecular flexibility index (Phi) is 7.01. The van der Waals surface area contributed by atoms with Gasteiger partial charge >= 0.3 is 11.9 Å². The number of hydrogen-bond acceptors (Lipinski definition) is 6. The van der Waals surface area contributed by atoms with Crippen LogP contribution in [0.5, 0.6) is 0 Å². The number of hydrogen-bond donors (Lipinski definition) is 1. The molecule has 1 amide bonds. The summed E-state index contributed by atoms with van der Waals surface area (Å²) in [4.78, 5) is 48.3. The van der Waals surface area contributed by atoms with Crippen LogP contribution in [0.15, 0.2) is 24.3 Å². The number of fused-ring (bicyclic) bond motifs is 2. The first-order valence-corrected chi connectivity index (χ1v) is 10.2. The summed E-state index contributed by atoms with van der Waals surface area (Å²) in [6, 6.07) is 6.32. The minimum Gasteiger partial charge on any atom is -0.462 e. The quantitative estimate of drug-likeness (QED) is 0.705. The Hall–Kier alpha value is -2.70. The molecule has 2 unspecified atom stereocenters. The normalized spacial score (nSPS) is 23.2. The number of benzene rings is 1. The van der Waals surface area contributed by atoms with Crippen LogP contribution in [0.2, 0.25) is 0 Å². The highest BCUT2D eigenvalue weighted by molar-refractivity contribution is 5.94. The number of anilines is 1. The van der Waals surface area contributed by atoms with Gasteiger partial charge in [0.1, 0.15) is 5.78 Å². The molecule has 0 spiro atoms. The van der Waals surface area contributed by atoms with Crippen LogP contribution in [0.1, 0.15) is 55.8 Å². The minimum absolute atomic E-state index is 0.0311. The van der Waals surface area contributed by atoms with Crippen LogP contribution in [-0.2, 0) is 23.9 Å². The van der Waals surface area contributed by atoms with Gasteiger partial charge < -0.3 is 14.8 Å². The smallest absolute Gasteiger partial charge is 0.338 e. The SMILES string of the molecule is CCCOC(=O)c1ccc(NC(=O)COC(=O)C2CC3CCCC(C2)C3=O)cc1. The molecular weight excluding hydrogens is 374 g/mol. The number of amides is 1. The summed E-state index contributed by atoms with van der Waals surface area (Å²) in [5.74, 6) is -1.34. The average Bonchev–Trinajstić information content (AvgIpc) is 2.70. The van der Waals surface area contributed by atoms with Crippen LogP contribution in [0.4, 0.5) is 5.69 Å². The number of nitrogens with one attached hydrogen (secondary N) is 1. The van der Waals surface area contributed by atoms with E-state index in [1.54, 1.807) is 24.3 Å². The lowest BCUT2D eigenvalue weighted by atomic mass is 9.67. The van der Waals surface area contributed by atoms with Gasteiger partial charge in [-0.1, -0.05) is 13.3 Å². The molecule has 3 rings (SSSR count). The summed E-state index contributed by atoms with van der Waals surface area (Å²) >= 11 is 0. The van der Waals surface area contributed by atoms with Gasteiger partial charge in [0, 0.05) is 17.5 Å². The molecule has 156 valence electrons. The average molecular weight is 401 g/mol. The molecule has 1 aromatic rings. The zero-order valence-electron chi connectivity index (χ0n) is 16.6. The van der Waals surface area contributed by atoms with Gasteiger partial charge in [0.15, 0.2) is 6.61 Å². The van der Waals surface area contributed by atoms with Crippen LogP contribution in [0.25, 0.3) is 0 Å². The Morgan fingerprint density at radius 2 is 1.69 bits per heavy atom. The first-order valence-electron chi connectivity index (χ1n) is 10.2. The van der Waals surface area contributed by atoms with Gasteiger partial charge in [-0.25, -0.2) is 4.79 Å². The zero-order chi connectivity index (χ0) is 20.8. The first-order chi connectivity index (χ1) is 14.0. The van der Waals surface area contributed by atoms with E-state index in [1.807, 2.05) is 6.92 Å². The molecular formula is C22H27NO6. The molecule has 2 aliphatic carbocycles. The Morgan fingerprint density at radius 1 is 1.03 bits per heavy atom. The maximum absolute atomic E-state index is 12.3. The van der Waals surface area contributed by atoms with E-state index in [4.69, 9.17) is 9.47 Å². The summed E-state index contributed by atoms with van der Waals surface area (Å²) < 4.78 is 10.2. The van der Waals surface area contributed by atoms with E-state index in [9.17, 15) is 19.2 Å². The maximum atomic E-state index is 12.3. The molecule has 7 heteroatoms. The summed E-state index contributed by atoms with van der Waals surface area (Å²) in [7, 11) is 0. The predicted molar refractivity (Wildman–Crippen MR) is 105 cm³/mol. The largest absolute Gasteiger partial charge is 0.462 e. The van der Waals surface area contributed by atoms with E-state index in [1.165, 1.54) is 0 Å². The van der Waals surface area contributed by atoms with Gasteiger partial charge in [-0.2, -0.15) is 0 Å². The van der Waals surface area contributed by atoms with Crippen molar-refractivity contribution in [3.8, 4) is 0 Å². The van der Waals surface area contributed by atoms with Gasteiger partial charge in [0.05, 0.1) is 18.1 Å². The van der Waals surface area contributed by atoms with Crippen LogP contribution in [-0.4, -0.2) is 36.8 Å². The highest BCUT2D eigenvalue weighted by Gasteiger charge is 2.41. The standard InChI is InChI=1S/C22H27NO6/c1-2-10-28-21(26)14-6-8-18(9-7-14)23-19(24)13-29-22(27)17-11-15-4-3-5-16(12-17)20(15)25/h6-9,15-17H,2-5,10-13H2,1H3,(H,23,24). The molecule has 0 aromatic heterocycles. The number of ketones is 1. The molecule has 2 bridgehead atoms. The lowest BCUT2D eigenvalue weighted by Gasteiger charge is -2.36. The Balaban J connectivity index is 1.44. The van der Waals surface area contributed by atoms with Crippen molar-refractivity contribution in [2.75, 3.05) is 18.5 Å². The fourth-order valence-electron chi connectivity index (χ4n) is 4.09. The Bertz CT molecular complexity index is 756. The molecule has 7 nitrogen and oxygen atoms in total. The monoisotopic (exact) mass is 401 g/mol. The molecule has 1 aromatic carbocycles. The fourth-order valence-corrected chi connectivity index (χ4v) is 4.09. The third kappa shape index (κ3) is 5.43. The molecule has 1 N–H and O–H groups in total. The number of Topliss-reactive ketones (excluding diaryl/α,β-unsaturated/α-hetero) is 1. The summed E-state index contributed by atoms with van der Waals surface area (Å²) in [6.45, 7) is 1.90. The van der Waals surface area contributed by atoms with Gasteiger partial charge in [-0.15, -0.1) is 0 Å². The highest BCUT2D eigenvalue weighted by Crippen LogP contribution is 2.40. The second kappa shape index (κ2) is 9.67. The third-order valence-corrected chi connectivity index (χ3v) is 5.57. The van der Waals surface area contributed by atoms with Crippen molar-refractivity contribution in [2.24, 2.45) is 17.8 Å². The van der Waals surface area contributed by atoms with E-state index >= 15 is 0 Å². The van der Waals surface area contributed by atoms with Crippen LogP contribution in [0.3, 0.4) is 0 Å². The molecule has 2 saturated carbocycles. The summed E-state index contributed by atoms with van der Waals surface area (Å²) in [6.07, 6.45) is 4.55. The van der Waals surface area contributed by atoms with Crippen molar-refractivity contribution in [3.05, 3.63) is 29.8 Å². The van der Waals surface area contributed by atoms with E-state index in [2.05, 4.69) is 5.32 Å². The van der Waals surface area contributed by atoms with E-state index in [0.29, 0.717) is 36.5 Å². The van der Waals surface area contributed by atoms with Gasteiger partial charge in [-0.3, -0.25) is 14.4 Å². The fraction of sp³-hybridized carbons (Fsp3) is 0.545. The summed E-state index contributed by atoms with van der Waals surface area (Å²) in [5.41, 5.74) is 0.899. The van der Waals surface area contributed by atoms with Crippen molar-refractivity contribution < 1.29 is 28.7 Å². The summed E-state index contributed by atoms with van der Waals surface area (Å²) in [5, 5.41) is 2.63. The molecule has 0 heterocycles. The van der Waals surface area contributed by atoms with E-state index < -0.39 is 17.8 Å². The number of carbonyl (C=O) groups is 4.